The van der Waals surface area contributed by atoms with Gasteiger partial charge in [-0.2, -0.15) is 13.2 Å². The first-order chi connectivity index (χ1) is 5.97. The maximum atomic E-state index is 11.7. The fourth-order valence-corrected chi connectivity index (χ4v) is 0.847. The van der Waals surface area contributed by atoms with Gasteiger partial charge in [0.15, 0.2) is 6.61 Å². The van der Waals surface area contributed by atoms with Crippen molar-refractivity contribution in [1.29, 1.82) is 0 Å². The van der Waals surface area contributed by atoms with Crippen molar-refractivity contribution in [3.8, 4) is 5.75 Å². The highest BCUT2D eigenvalue weighted by Crippen LogP contribution is 2.18. The fourth-order valence-electron chi connectivity index (χ4n) is 0.613. The molecule has 0 fully saturated rings. The molecule has 0 aliphatic rings. The zero-order chi connectivity index (χ0) is 9.90. The summed E-state index contributed by atoms with van der Waals surface area (Å²) in [7, 11) is 0. The molecule has 1 aromatic rings. The number of alkyl halides is 3. The molecule has 0 saturated heterocycles. The van der Waals surface area contributed by atoms with E-state index in [2.05, 4.69) is 25.7 Å². The van der Waals surface area contributed by atoms with Crippen molar-refractivity contribution in [1.82, 2.24) is 4.98 Å². The summed E-state index contributed by atoms with van der Waals surface area (Å²) in [6.07, 6.45) is -3.09. The average Bonchev–Trinajstić information content (AvgIpc) is 2.02. The van der Waals surface area contributed by atoms with E-state index in [1.54, 1.807) is 0 Å². The van der Waals surface area contributed by atoms with E-state index in [1.165, 1.54) is 18.3 Å². The van der Waals surface area contributed by atoms with Gasteiger partial charge in [0.2, 0.25) is 0 Å². The lowest BCUT2D eigenvalue weighted by atomic mass is 10.5. The van der Waals surface area contributed by atoms with Gasteiger partial charge >= 0.3 is 6.18 Å². The van der Waals surface area contributed by atoms with Gasteiger partial charge in [-0.15, -0.1) is 0 Å². The quantitative estimate of drug-likeness (QED) is 0.759. The molecule has 1 heterocycles. The van der Waals surface area contributed by atoms with Crippen molar-refractivity contribution in [2.24, 2.45) is 0 Å². The Labute approximate surface area is 80.9 Å². The van der Waals surface area contributed by atoms with Crippen LogP contribution in [-0.2, 0) is 0 Å². The molecule has 0 atom stereocenters. The number of hydrogen-bond donors (Lipinski definition) is 0. The van der Waals surface area contributed by atoms with E-state index >= 15 is 0 Å². The molecule has 0 radical (unpaired) electrons. The Morgan fingerprint density at radius 2 is 2.08 bits per heavy atom. The SMILES string of the molecule is FC(F)(F)COc1ccc(Br)nc1. The van der Waals surface area contributed by atoms with Crippen LogP contribution < -0.4 is 4.74 Å². The Morgan fingerprint density at radius 1 is 1.38 bits per heavy atom. The van der Waals surface area contributed by atoms with Gasteiger partial charge in [0.25, 0.3) is 0 Å². The van der Waals surface area contributed by atoms with Crippen LogP contribution in [-0.4, -0.2) is 17.8 Å². The average molecular weight is 256 g/mol. The molecule has 0 amide bonds. The normalized spacial score (nSPS) is 11.4. The molecule has 2 nitrogen and oxygen atoms in total. The molecule has 0 aromatic carbocycles. The van der Waals surface area contributed by atoms with Crippen LogP contribution in [0.3, 0.4) is 0 Å². The van der Waals surface area contributed by atoms with E-state index in [9.17, 15) is 13.2 Å². The number of halogens is 4. The van der Waals surface area contributed by atoms with Gasteiger partial charge in [-0.3, -0.25) is 0 Å². The third kappa shape index (κ3) is 4.12. The fraction of sp³-hybridized carbons (Fsp3) is 0.286. The standard InChI is InChI=1S/C7H5BrF3NO/c8-6-2-1-5(3-12-6)13-4-7(9,10)11/h1-3H,4H2. The highest BCUT2D eigenvalue weighted by molar-refractivity contribution is 9.10. The van der Waals surface area contributed by atoms with Gasteiger partial charge in [0.1, 0.15) is 10.4 Å². The second-order valence-electron chi connectivity index (χ2n) is 2.22. The van der Waals surface area contributed by atoms with Crippen LogP contribution in [0.1, 0.15) is 0 Å². The zero-order valence-electron chi connectivity index (χ0n) is 6.31. The van der Waals surface area contributed by atoms with E-state index in [0.29, 0.717) is 4.60 Å². The van der Waals surface area contributed by atoms with E-state index in [-0.39, 0.29) is 5.75 Å². The van der Waals surface area contributed by atoms with Crippen LogP contribution in [0, 0.1) is 0 Å². The summed E-state index contributed by atoms with van der Waals surface area (Å²) in [6.45, 7) is -1.30. The lowest BCUT2D eigenvalue weighted by Gasteiger charge is -2.08. The molecule has 1 aromatic heterocycles. The maximum Gasteiger partial charge on any atom is 0.422 e. The minimum absolute atomic E-state index is 0.0977. The number of hydrogen-bond acceptors (Lipinski definition) is 2. The smallest absolute Gasteiger partial charge is 0.422 e. The summed E-state index contributed by atoms with van der Waals surface area (Å²) in [6, 6.07) is 2.91. The molecule has 0 N–H and O–H groups in total. The van der Waals surface area contributed by atoms with Crippen LogP contribution in [0.25, 0.3) is 0 Å². The van der Waals surface area contributed by atoms with Gasteiger partial charge in [0.05, 0.1) is 6.20 Å². The van der Waals surface area contributed by atoms with Crippen molar-refractivity contribution in [3.05, 3.63) is 22.9 Å². The molecule has 0 unspecified atom stereocenters. The van der Waals surface area contributed by atoms with Crippen LogP contribution in [0.15, 0.2) is 22.9 Å². The Balaban J connectivity index is 2.51. The number of ether oxygens (including phenoxy) is 1. The van der Waals surface area contributed by atoms with Crippen molar-refractivity contribution in [2.45, 2.75) is 6.18 Å². The molecule has 72 valence electrons. The van der Waals surface area contributed by atoms with Gasteiger partial charge in [-0.25, -0.2) is 4.98 Å². The Bertz CT molecular complexity index is 272. The minimum Gasteiger partial charge on any atom is -0.483 e. The van der Waals surface area contributed by atoms with Gasteiger partial charge in [0, 0.05) is 0 Å². The predicted molar refractivity (Wildman–Crippen MR) is 43.5 cm³/mol. The van der Waals surface area contributed by atoms with Gasteiger partial charge in [-0.05, 0) is 28.1 Å². The Hall–Kier alpha value is -0.780. The largest absolute Gasteiger partial charge is 0.483 e. The van der Waals surface area contributed by atoms with Crippen LogP contribution in [0.4, 0.5) is 13.2 Å². The summed E-state index contributed by atoms with van der Waals surface area (Å²) in [5.74, 6) is 0.0977. The summed E-state index contributed by atoms with van der Waals surface area (Å²) in [5, 5.41) is 0. The second-order valence-corrected chi connectivity index (χ2v) is 3.03. The first kappa shape index (κ1) is 10.3. The molecule has 0 saturated carbocycles. The van der Waals surface area contributed by atoms with Crippen LogP contribution in [0.2, 0.25) is 0 Å². The highest BCUT2D eigenvalue weighted by atomic mass is 79.9. The number of nitrogens with zero attached hydrogens (tertiary/aromatic N) is 1. The molecule has 0 bridgehead atoms. The van der Waals surface area contributed by atoms with E-state index in [4.69, 9.17) is 0 Å². The van der Waals surface area contributed by atoms with Crippen molar-refractivity contribution < 1.29 is 17.9 Å². The number of pyridine rings is 1. The van der Waals surface area contributed by atoms with Crippen molar-refractivity contribution in [2.75, 3.05) is 6.61 Å². The maximum absolute atomic E-state index is 11.7. The van der Waals surface area contributed by atoms with Gasteiger partial charge in [-0.1, -0.05) is 0 Å². The van der Waals surface area contributed by atoms with Crippen molar-refractivity contribution in [3.63, 3.8) is 0 Å². The summed E-state index contributed by atoms with van der Waals surface area (Å²) in [4.78, 5) is 3.70. The molecule has 0 spiro atoms. The van der Waals surface area contributed by atoms with Crippen LogP contribution in [0.5, 0.6) is 5.75 Å². The second kappa shape index (κ2) is 3.95. The number of rotatable bonds is 2. The van der Waals surface area contributed by atoms with Gasteiger partial charge < -0.3 is 4.74 Å². The van der Waals surface area contributed by atoms with E-state index in [0.717, 1.165) is 0 Å². The lowest BCUT2D eigenvalue weighted by molar-refractivity contribution is -0.153. The summed E-state index contributed by atoms with van der Waals surface area (Å²) >= 11 is 3.05. The lowest BCUT2D eigenvalue weighted by Crippen LogP contribution is -2.19. The molecular weight excluding hydrogens is 251 g/mol. The third-order valence-corrected chi connectivity index (χ3v) is 1.57. The summed E-state index contributed by atoms with van der Waals surface area (Å²) < 4.78 is 40.0. The number of aromatic nitrogens is 1. The predicted octanol–water partition coefficient (Wildman–Crippen LogP) is 2.79. The van der Waals surface area contributed by atoms with E-state index in [1.807, 2.05) is 0 Å². The molecule has 13 heavy (non-hydrogen) atoms. The van der Waals surface area contributed by atoms with Crippen molar-refractivity contribution >= 4 is 15.9 Å². The van der Waals surface area contributed by atoms with E-state index < -0.39 is 12.8 Å². The molecule has 6 heteroatoms. The molecule has 1 rings (SSSR count). The first-order valence-corrected chi connectivity index (χ1v) is 4.08. The Kier molecular flexibility index (Phi) is 3.13. The topological polar surface area (TPSA) is 22.1 Å². The molecular formula is C7H5BrF3NO. The molecule has 0 aliphatic carbocycles. The first-order valence-electron chi connectivity index (χ1n) is 3.28. The summed E-state index contributed by atoms with van der Waals surface area (Å²) in [5.41, 5.74) is 0. The van der Waals surface area contributed by atoms with Crippen LogP contribution >= 0.6 is 15.9 Å². The zero-order valence-corrected chi connectivity index (χ0v) is 7.89. The Morgan fingerprint density at radius 3 is 2.54 bits per heavy atom. The monoisotopic (exact) mass is 255 g/mol. The molecule has 0 aliphatic heterocycles. The third-order valence-electron chi connectivity index (χ3n) is 1.10. The highest BCUT2D eigenvalue weighted by Gasteiger charge is 2.28. The minimum atomic E-state index is -4.31.